The number of carbonyl (C=O) groups excluding carboxylic acids is 2. The van der Waals surface area contributed by atoms with E-state index in [1.165, 1.54) is 0 Å². The third-order valence-electron chi connectivity index (χ3n) is 5.75. The van der Waals surface area contributed by atoms with Crippen LogP contribution in [-0.2, 0) is 4.79 Å². The van der Waals surface area contributed by atoms with Crippen molar-refractivity contribution in [1.29, 1.82) is 0 Å². The number of halogens is 1. The van der Waals surface area contributed by atoms with Crippen LogP contribution in [0.3, 0.4) is 0 Å². The van der Waals surface area contributed by atoms with Crippen molar-refractivity contribution in [2.75, 3.05) is 31.6 Å². The summed E-state index contributed by atoms with van der Waals surface area (Å²) in [6.45, 7) is 4.32. The molecule has 2 aromatic rings. The molecule has 0 aliphatic carbocycles. The van der Waals surface area contributed by atoms with Crippen molar-refractivity contribution in [3.05, 3.63) is 53.1 Å². The molecule has 7 heteroatoms. The molecule has 2 heterocycles. The molecule has 1 N–H and O–H groups in total. The van der Waals surface area contributed by atoms with Crippen LogP contribution in [0.5, 0.6) is 11.5 Å². The summed E-state index contributed by atoms with van der Waals surface area (Å²) in [6.07, 6.45) is 1.45. The number of piperidine rings is 1. The van der Waals surface area contributed by atoms with Crippen LogP contribution in [0.4, 0.5) is 5.69 Å². The van der Waals surface area contributed by atoms with Crippen LogP contribution < -0.4 is 14.8 Å². The van der Waals surface area contributed by atoms with Crippen LogP contribution >= 0.6 is 11.6 Å². The monoisotopic (exact) mass is 428 g/mol. The number of rotatable bonds is 5. The molecule has 0 aromatic heterocycles. The molecule has 1 amide bonds. The first kappa shape index (κ1) is 20.7. The van der Waals surface area contributed by atoms with Gasteiger partial charge >= 0.3 is 0 Å². The molecule has 1 fully saturated rings. The molecule has 30 heavy (non-hydrogen) atoms. The summed E-state index contributed by atoms with van der Waals surface area (Å²) in [5.41, 5.74) is 1.34. The molecule has 1 saturated heterocycles. The number of benzene rings is 2. The van der Waals surface area contributed by atoms with E-state index in [0.29, 0.717) is 54.1 Å². The van der Waals surface area contributed by atoms with E-state index < -0.39 is 0 Å². The van der Waals surface area contributed by atoms with Gasteiger partial charge in [0.1, 0.15) is 13.2 Å². The summed E-state index contributed by atoms with van der Waals surface area (Å²) >= 11 is 5.98. The Morgan fingerprint density at radius 2 is 1.80 bits per heavy atom. The second-order valence-electron chi connectivity index (χ2n) is 7.71. The number of nitrogens with zero attached hydrogens (tertiary/aromatic N) is 1. The number of carbonyl (C=O) groups is 2. The van der Waals surface area contributed by atoms with Crippen molar-refractivity contribution in [1.82, 2.24) is 4.90 Å². The molecular formula is C23H25ClN2O4. The lowest BCUT2D eigenvalue weighted by Crippen LogP contribution is -2.47. The lowest BCUT2D eigenvalue weighted by Gasteiger charge is -2.34. The topological polar surface area (TPSA) is 67.9 Å². The highest BCUT2D eigenvalue weighted by molar-refractivity contribution is 6.30. The van der Waals surface area contributed by atoms with E-state index in [0.717, 1.165) is 12.8 Å². The molecule has 0 radical (unpaired) electrons. The Balaban J connectivity index is 1.33. The Bertz CT molecular complexity index is 941. The van der Waals surface area contributed by atoms with E-state index >= 15 is 0 Å². The minimum absolute atomic E-state index is 0.0491. The Labute approximate surface area is 181 Å². The predicted molar refractivity (Wildman–Crippen MR) is 116 cm³/mol. The van der Waals surface area contributed by atoms with Gasteiger partial charge in [-0.2, -0.15) is 0 Å². The zero-order valence-corrected chi connectivity index (χ0v) is 17.7. The van der Waals surface area contributed by atoms with Gasteiger partial charge in [-0.25, -0.2) is 0 Å². The summed E-state index contributed by atoms with van der Waals surface area (Å²) in [7, 11) is 0. The number of nitrogens with one attached hydrogen (secondary N) is 1. The molecule has 2 aromatic carbocycles. The van der Waals surface area contributed by atoms with Crippen molar-refractivity contribution in [3.8, 4) is 11.5 Å². The first-order valence-electron chi connectivity index (χ1n) is 10.3. The summed E-state index contributed by atoms with van der Waals surface area (Å²) in [4.78, 5) is 27.7. The third-order valence-corrected chi connectivity index (χ3v) is 5.98. The van der Waals surface area contributed by atoms with Crippen LogP contribution in [-0.4, -0.2) is 48.9 Å². The molecule has 0 bridgehead atoms. The molecule has 0 spiro atoms. The third kappa shape index (κ3) is 4.60. The Kier molecular flexibility index (Phi) is 6.25. The lowest BCUT2D eigenvalue weighted by molar-refractivity contribution is -0.121. The average molecular weight is 429 g/mol. The molecular weight excluding hydrogens is 404 g/mol. The van der Waals surface area contributed by atoms with Gasteiger partial charge in [-0.15, -0.1) is 0 Å². The molecule has 1 unspecified atom stereocenters. The molecule has 1 atom stereocenters. The van der Waals surface area contributed by atoms with Gasteiger partial charge in [0.2, 0.25) is 5.91 Å². The van der Waals surface area contributed by atoms with Crippen molar-refractivity contribution in [2.24, 2.45) is 5.92 Å². The van der Waals surface area contributed by atoms with Gasteiger partial charge in [-0.1, -0.05) is 17.7 Å². The zero-order valence-electron chi connectivity index (χ0n) is 16.9. The number of likely N-dealkylation sites (tertiary alicyclic amines) is 1. The van der Waals surface area contributed by atoms with Crippen LogP contribution in [0, 0.1) is 5.92 Å². The van der Waals surface area contributed by atoms with E-state index in [1.807, 2.05) is 19.1 Å². The maximum Gasteiger partial charge on any atom is 0.241 e. The number of hydrogen-bond acceptors (Lipinski definition) is 5. The van der Waals surface area contributed by atoms with Crippen LogP contribution in [0.1, 0.15) is 30.1 Å². The van der Waals surface area contributed by atoms with E-state index in [1.54, 1.807) is 30.3 Å². The van der Waals surface area contributed by atoms with Gasteiger partial charge in [-0.05, 0) is 69.3 Å². The highest BCUT2D eigenvalue weighted by Crippen LogP contribution is 2.32. The van der Waals surface area contributed by atoms with Crippen LogP contribution in [0.25, 0.3) is 0 Å². The van der Waals surface area contributed by atoms with Gasteiger partial charge in [0.15, 0.2) is 17.3 Å². The Hall–Kier alpha value is -2.57. The number of ketones is 1. The SMILES string of the molecule is CC(C(=O)Nc1cccc(Cl)c1)N1CCC(C(=O)c2ccc3c(c2)OCCO3)CC1. The first-order valence-corrected chi connectivity index (χ1v) is 10.6. The molecule has 158 valence electrons. The smallest absolute Gasteiger partial charge is 0.241 e. The quantitative estimate of drug-likeness (QED) is 0.728. The fraction of sp³-hybridized carbons (Fsp3) is 0.391. The normalized spacial score (nSPS) is 17.9. The number of anilines is 1. The van der Waals surface area contributed by atoms with E-state index in [-0.39, 0.29) is 23.7 Å². The minimum atomic E-state index is -0.283. The van der Waals surface area contributed by atoms with Gasteiger partial charge < -0.3 is 14.8 Å². The molecule has 2 aliphatic heterocycles. The van der Waals surface area contributed by atoms with Crippen molar-refractivity contribution < 1.29 is 19.1 Å². The van der Waals surface area contributed by atoms with E-state index in [2.05, 4.69) is 10.2 Å². The Morgan fingerprint density at radius 1 is 1.07 bits per heavy atom. The maximum atomic E-state index is 13.0. The fourth-order valence-electron chi connectivity index (χ4n) is 3.96. The van der Waals surface area contributed by atoms with Gasteiger partial charge in [-0.3, -0.25) is 14.5 Å². The highest BCUT2D eigenvalue weighted by Gasteiger charge is 2.30. The maximum absolute atomic E-state index is 13.0. The predicted octanol–water partition coefficient (Wildman–Crippen LogP) is 4.03. The van der Waals surface area contributed by atoms with Gasteiger partial charge in [0, 0.05) is 22.2 Å². The Morgan fingerprint density at radius 3 is 2.53 bits per heavy atom. The summed E-state index contributed by atoms with van der Waals surface area (Å²) in [5.74, 6) is 1.33. The fourth-order valence-corrected chi connectivity index (χ4v) is 4.15. The minimum Gasteiger partial charge on any atom is -0.486 e. The van der Waals surface area contributed by atoms with Gasteiger partial charge in [0.05, 0.1) is 6.04 Å². The average Bonchev–Trinajstić information content (AvgIpc) is 2.78. The number of Topliss-reactive ketones (excluding diaryl/α,β-unsaturated/α-hetero) is 1. The van der Waals surface area contributed by atoms with Gasteiger partial charge in [0.25, 0.3) is 0 Å². The number of amides is 1. The summed E-state index contributed by atoms with van der Waals surface area (Å²) in [5, 5.41) is 3.49. The number of ether oxygens (including phenoxy) is 2. The second-order valence-corrected chi connectivity index (χ2v) is 8.14. The molecule has 4 rings (SSSR count). The van der Waals surface area contributed by atoms with E-state index in [4.69, 9.17) is 21.1 Å². The molecule has 0 saturated carbocycles. The van der Waals surface area contributed by atoms with Crippen LogP contribution in [0.2, 0.25) is 5.02 Å². The van der Waals surface area contributed by atoms with Crippen molar-refractivity contribution in [2.45, 2.75) is 25.8 Å². The second kappa shape index (κ2) is 9.06. The first-order chi connectivity index (χ1) is 14.5. The van der Waals surface area contributed by atoms with Crippen molar-refractivity contribution in [3.63, 3.8) is 0 Å². The van der Waals surface area contributed by atoms with E-state index in [9.17, 15) is 9.59 Å². The molecule has 6 nitrogen and oxygen atoms in total. The van der Waals surface area contributed by atoms with Crippen LogP contribution in [0.15, 0.2) is 42.5 Å². The standard InChI is InChI=1S/C23H25ClN2O4/c1-15(23(28)25-19-4-2-3-18(24)14-19)26-9-7-16(8-10-26)22(27)17-5-6-20-21(13-17)30-12-11-29-20/h2-6,13-16H,7-12H2,1H3,(H,25,28). The summed E-state index contributed by atoms with van der Waals surface area (Å²) < 4.78 is 11.1. The van der Waals surface area contributed by atoms with Crippen molar-refractivity contribution >= 4 is 29.0 Å². The largest absolute Gasteiger partial charge is 0.486 e. The lowest BCUT2D eigenvalue weighted by atomic mass is 9.88. The summed E-state index contributed by atoms with van der Waals surface area (Å²) in [6, 6.07) is 12.2. The highest BCUT2D eigenvalue weighted by atomic mass is 35.5. The molecule has 2 aliphatic rings. The number of hydrogen-bond donors (Lipinski definition) is 1. The number of fused-ring (bicyclic) bond motifs is 1. The zero-order chi connectivity index (χ0) is 21.1.